The molecule has 0 saturated carbocycles. The maximum atomic E-state index is 6.57. The van der Waals surface area contributed by atoms with Crippen molar-refractivity contribution < 1.29 is 9.47 Å². The number of fused-ring (bicyclic) bond motifs is 3. The largest absolute Gasteiger partial charge is 0.370 e. The summed E-state index contributed by atoms with van der Waals surface area (Å²) in [5, 5.41) is 0. The van der Waals surface area contributed by atoms with E-state index in [1.807, 2.05) is 0 Å². The summed E-state index contributed by atoms with van der Waals surface area (Å²) in [5.41, 5.74) is 5.17. The third-order valence-electron chi connectivity index (χ3n) is 6.69. The zero-order valence-electron chi connectivity index (χ0n) is 20.5. The molecule has 2 aromatic rings. The average Bonchev–Trinajstić information content (AvgIpc) is 2.83. The first-order valence-electron chi connectivity index (χ1n) is 13.3. The third kappa shape index (κ3) is 7.18. The number of hydrogen-bond acceptors (Lipinski definition) is 2. The van der Waals surface area contributed by atoms with Crippen LogP contribution in [0.5, 0.6) is 0 Å². The minimum Gasteiger partial charge on any atom is -0.370 e. The Bertz CT molecular complexity index is 703. The van der Waals surface area contributed by atoms with Gasteiger partial charge in [-0.25, -0.2) is 0 Å². The summed E-state index contributed by atoms with van der Waals surface area (Å²) >= 11 is 0. The van der Waals surface area contributed by atoms with Crippen LogP contribution >= 0.6 is 0 Å². The molecule has 0 fully saturated rings. The van der Waals surface area contributed by atoms with E-state index in [1.54, 1.807) is 0 Å². The summed E-state index contributed by atoms with van der Waals surface area (Å²) < 4.78 is 13.1. The molecule has 0 amide bonds. The summed E-state index contributed by atoms with van der Waals surface area (Å²) in [4.78, 5) is 0. The first-order chi connectivity index (χ1) is 15.9. The lowest BCUT2D eigenvalue weighted by Crippen LogP contribution is -2.23. The van der Waals surface area contributed by atoms with Gasteiger partial charge in [0.2, 0.25) is 0 Å². The van der Waals surface area contributed by atoms with Gasteiger partial charge >= 0.3 is 0 Å². The second kappa shape index (κ2) is 14.5. The number of unbranched alkanes of at least 4 members (excludes halogenated alkanes) is 10. The first kappa shape index (κ1) is 25.0. The Balaban J connectivity index is 1.64. The lowest BCUT2D eigenvalue weighted by atomic mass is 9.82. The molecule has 2 aromatic carbocycles. The number of benzene rings is 2. The van der Waals surface area contributed by atoms with E-state index in [4.69, 9.17) is 9.47 Å². The summed E-state index contributed by atoms with van der Waals surface area (Å²) in [7, 11) is 0. The number of ether oxygens (including phenoxy) is 2. The van der Waals surface area contributed by atoms with Crippen LogP contribution in [0.3, 0.4) is 0 Å². The molecule has 1 aliphatic rings. The van der Waals surface area contributed by atoms with Crippen molar-refractivity contribution in [3.63, 3.8) is 0 Å². The quantitative estimate of drug-likeness (QED) is 0.244. The number of rotatable bonds is 16. The summed E-state index contributed by atoms with van der Waals surface area (Å²) in [5.74, 6) is 0. The molecule has 0 bridgehead atoms. The fourth-order valence-electron chi connectivity index (χ4n) is 4.85. The molecule has 0 heterocycles. The minimum atomic E-state index is -0.0168. The molecule has 176 valence electrons. The van der Waals surface area contributed by atoms with Gasteiger partial charge in [0.25, 0.3) is 0 Å². The van der Waals surface area contributed by atoms with Crippen molar-refractivity contribution >= 4 is 0 Å². The van der Waals surface area contributed by atoms with E-state index in [2.05, 4.69) is 62.4 Å². The highest BCUT2D eigenvalue weighted by Gasteiger charge is 2.34. The van der Waals surface area contributed by atoms with Crippen LogP contribution in [0.15, 0.2) is 48.5 Å². The smallest absolute Gasteiger partial charge is 0.113 e. The van der Waals surface area contributed by atoms with Crippen LogP contribution in [0, 0.1) is 0 Å². The Morgan fingerprint density at radius 1 is 0.500 bits per heavy atom. The normalized spacial score (nSPS) is 17.2. The monoisotopic (exact) mass is 436 g/mol. The fourth-order valence-corrected chi connectivity index (χ4v) is 4.85. The van der Waals surface area contributed by atoms with Crippen LogP contribution in [0.4, 0.5) is 0 Å². The van der Waals surface area contributed by atoms with Gasteiger partial charge in [-0.2, -0.15) is 0 Å². The first-order valence-corrected chi connectivity index (χ1v) is 13.3. The summed E-state index contributed by atoms with van der Waals surface area (Å²) in [6.45, 7) is 6.16. The van der Waals surface area contributed by atoms with Gasteiger partial charge in [-0.05, 0) is 35.1 Å². The summed E-state index contributed by atoms with van der Waals surface area (Å²) in [6, 6.07) is 17.5. The van der Waals surface area contributed by atoms with Crippen molar-refractivity contribution in [2.24, 2.45) is 0 Å². The second-order valence-electron chi connectivity index (χ2n) is 9.29. The lowest BCUT2D eigenvalue weighted by Gasteiger charge is -2.35. The van der Waals surface area contributed by atoms with Gasteiger partial charge in [0.1, 0.15) is 12.2 Å². The van der Waals surface area contributed by atoms with Crippen LogP contribution in [0.1, 0.15) is 114 Å². The molecule has 1 aliphatic carbocycles. The van der Waals surface area contributed by atoms with Crippen LogP contribution in [-0.2, 0) is 9.47 Å². The molecule has 0 N–H and O–H groups in total. The Morgan fingerprint density at radius 2 is 0.875 bits per heavy atom. The average molecular weight is 437 g/mol. The van der Waals surface area contributed by atoms with Crippen molar-refractivity contribution in [2.75, 3.05) is 13.2 Å². The fraction of sp³-hybridized carbons (Fsp3) is 0.600. The molecule has 0 spiro atoms. The van der Waals surface area contributed by atoms with E-state index in [0.29, 0.717) is 0 Å². The third-order valence-corrected chi connectivity index (χ3v) is 6.69. The molecule has 2 atom stereocenters. The molecular formula is C30H44O2. The van der Waals surface area contributed by atoms with E-state index in [9.17, 15) is 0 Å². The maximum absolute atomic E-state index is 6.57. The van der Waals surface area contributed by atoms with Gasteiger partial charge in [0, 0.05) is 13.2 Å². The predicted molar refractivity (Wildman–Crippen MR) is 136 cm³/mol. The van der Waals surface area contributed by atoms with Gasteiger partial charge in [-0.3, -0.25) is 0 Å². The van der Waals surface area contributed by atoms with Crippen molar-refractivity contribution in [3.8, 4) is 11.1 Å². The van der Waals surface area contributed by atoms with E-state index in [-0.39, 0.29) is 12.2 Å². The Kier molecular flexibility index (Phi) is 11.3. The standard InChI is InChI=1S/C30H44O2/c1-3-5-7-9-11-17-23-31-29-27-21-15-13-19-25(27)26-20-14-16-22-28(26)30(29)32-24-18-12-10-8-6-4-2/h13-16,19-22,29-30H,3-12,17-18,23-24H2,1-2H3/t29-,30-/m1/s1. The molecular weight excluding hydrogens is 392 g/mol. The zero-order chi connectivity index (χ0) is 22.4. The van der Waals surface area contributed by atoms with Crippen molar-refractivity contribution in [1.29, 1.82) is 0 Å². The zero-order valence-corrected chi connectivity index (χ0v) is 20.5. The molecule has 0 saturated heterocycles. The van der Waals surface area contributed by atoms with E-state index in [0.717, 1.165) is 26.1 Å². The molecule has 32 heavy (non-hydrogen) atoms. The minimum absolute atomic E-state index is 0.0168. The molecule has 0 aliphatic heterocycles. The predicted octanol–water partition coefficient (Wildman–Crippen LogP) is 9.20. The SMILES string of the molecule is CCCCCCCCO[C@@H]1c2ccccc2-c2ccccc2[C@H]1OCCCCCCCC. The highest BCUT2D eigenvalue weighted by molar-refractivity contribution is 5.74. The topological polar surface area (TPSA) is 18.5 Å². The van der Waals surface area contributed by atoms with Crippen LogP contribution < -0.4 is 0 Å². The van der Waals surface area contributed by atoms with Crippen molar-refractivity contribution in [3.05, 3.63) is 59.7 Å². The summed E-state index contributed by atoms with van der Waals surface area (Å²) in [6.07, 6.45) is 15.4. The van der Waals surface area contributed by atoms with Crippen molar-refractivity contribution in [1.82, 2.24) is 0 Å². The van der Waals surface area contributed by atoms with Crippen LogP contribution in [0.25, 0.3) is 11.1 Å². The second-order valence-corrected chi connectivity index (χ2v) is 9.29. The lowest BCUT2D eigenvalue weighted by molar-refractivity contribution is -0.0808. The Labute approximate surface area is 196 Å². The highest BCUT2D eigenvalue weighted by Crippen LogP contribution is 2.48. The maximum Gasteiger partial charge on any atom is 0.113 e. The van der Waals surface area contributed by atoms with Crippen molar-refractivity contribution in [2.45, 2.75) is 103 Å². The van der Waals surface area contributed by atoms with Gasteiger partial charge in [-0.15, -0.1) is 0 Å². The van der Waals surface area contributed by atoms with Crippen LogP contribution in [0.2, 0.25) is 0 Å². The van der Waals surface area contributed by atoms with E-state index >= 15 is 0 Å². The molecule has 2 nitrogen and oxygen atoms in total. The molecule has 0 radical (unpaired) electrons. The van der Waals surface area contributed by atoms with E-state index in [1.165, 1.54) is 86.5 Å². The molecule has 0 unspecified atom stereocenters. The van der Waals surface area contributed by atoms with Gasteiger partial charge in [-0.1, -0.05) is 127 Å². The Morgan fingerprint density at radius 3 is 1.31 bits per heavy atom. The highest BCUT2D eigenvalue weighted by atomic mass is 16.5. The number of hydrogen-bond donors (Lipinski definition) is 0. The Hall–Kier alpha value is -1.64. The van der Waals surface area contributed by atoms with Crippen LogP contribution in [-0.4, -0.2) is 13.2 Å². The molecule has 2 heteroatoms. The van der Waals surface area contributed by atoms with Gasteiger partial charge in [0.05, 0.1) is 0 Å². The van der Waals surface area contributed by atoms with Gasteiger partial charge in [0.15, 0.2) is 0 Å². The molecule has 0 aromatic heterocycles. The van der Waals surface area contributed by atoms with E-state index < -0.39 is 0 Å². The molecule has 3 rings (SSSR count). The van der Waals surface area contributed by atoms with Gasteiger partial charge < -0.3 is 9.47 Å².